The molecule has 0 spiro atoms. The first kappa shape index (κ1) is 12.8. The molecule has 0 heterocycles. The molecule has 0 saturated heterocycles. The number of aryl methyl sites for hydroxylation is 1. The van der Waals surface area contributed by atoms with Crippen molar-refractivity contribution in [3.05, 3.63) is 39.9 Å². The van der Waals surface area contributed by atoms with Crippen molar-refractivity contribution in [2.45, 2.75) is 13.8 Å². The second-order valence-corrected chi connectivity index (χ2v) is 4.45. The first-order valence-corrected chi connectivity index (χ1v) is 5.70. The summed E-state index contributed by atoms with van der Waals surface area (Å²) in [5.41, 5.74) is 2.48. The number of nitrogens with one attached hydrogen (secondary N) is 1. The van der Waals surface area contributed by atoms with Gasteiger partial charge in [0.1, 0.15) is 0 Å². The van der Waals surface area contributed by atoms with Crippen molar-refractivity contribution in [1.29, 1.82) is 0 Å². The van der Waals surface area contributed by atoms with E-state index in [2.05, 4.69) is 21.2 Å². The van der Waals surface area contributed by atoms with Crippen LogP contribution in [0.5, 0.6) is 0 Å². The van der Waals surface area contributed by atoms with Crippen LogP contribution in [0.4, 0.5) is 5.69 Å². The van der Waals surface area contributed by atoms with E-state index in [9.17, 15) is 4.79 Å². The molecular formula is C12H14BrNO2. The van der Waals surface area contributed by atoms with E-state index in [1.807, 2.05) is 25.1 Å². The van der Waals surface area contributed by atoms with Crippen molar-refractivity contribution < 1.29 is 9.90 Å². The van der Waals surface area contributed by atoms with Crippen LogP contribution in [0, 0.1) is 6.92 Å². The van der Waals surface area contributed by atoms with Gasteiger partial charge in [0.2, 0.25) is 0 Å². The highest BCUT2D eigenvalue weighted by atomic mass is 79.9. The topological polar surface area (TPSA) is 49.3 Å². The number of anilines is 1. The molecule has 0 bridgehead atoms. The molecule has 0 aliphatic rings. The monoisotopic (exact) mass is 283 g/mol. The van der Waals surface area contributed by atoms with Gasteiger partial charge in [0.25, 0.3) is 0 Å². The number of carboxylic acids is 1. The average Bonchev–Trinajstić information content (AvgIpc) is 2.22. The van der Waals surface area contributed by atoms with Crippen molar-refractivity contribution in [3.8, 4) is 0 Å². The maximum atomic E-state index is 10.6. The minimum absolute atomic E-state index is 0.347. The van der Waals surface area contributed by atoms with Crippen LogP contribution in [0.2, 0.25) is 0 Å². The quantitative estimate of drug-likeness (QED) is 0.835. The first-order valence-electron chi connectivity index (χ1n) is 4.91. The summed E-state index contributed by atoms with van der Waals surface area (Å²) in [6, 6.07) is 5.94. The fourth-order valence-electron chi connectivity index (χ4n) is 1.19. The van der Waals surface area contributed by atoms with Crippen LogP contribution in [0.25, 0.3) is 0 Å². The maximum Gasteiger partial charge on any atom is 0.331 e. The van der Waals surface area contributed by atoms with E-state index < -0.39 is 5.97 Å². The summed E-state index contributed by atoms with van der Waals surface area (Å²) in [7, 11) is 0. The standard InChI is InChI=1S/C12H14BrNO2/c1-8-3-4-10(13)7-11(8)14-6-5-9(2)12(15)16/h3-5,7,14H,6H2,1-2H3,(H,15,16)/b9-5-. The van der Waals surface area contributed by atoms with E-state index >= 15 is 0 Å². The molecule has 2 N–H and O–H groups in total. The van der Waals surface area contributed by atoms with Crippen LogP contribution in [0.3, 0.4) is 0 Å². The number of hydrogen-bond donors (Lipinski definition) is 2. The van der Waals surface area contributed by atoms with Gasteiger partial charge in [-0.3, -0.25) is 0 Å². The van der Waals surface area contributed by atoms with E-state index in [-0.39, 0.29) is 0 Å². The molecule has 1 aromatic rings. The molecule has 0 saturated carbocycles. The number of halogens is 1. The fourth-order valence-corrected chi connectivity index (χ4v) is 1.55. The lowest BCUT2D eigenvalue weighted by molar-refractivity contribution is -0.132. The molecule has 86 valence electrons. The molecule has 0 fully saturated rings. The van der Waals surface area contributed by atoms with Crippen molar-refractivity contribution >= 4 is 27.6 Å². The van der Waals surface area contributed by atoms with Gasteiger partial charge in [-0.15, -0.1) is 0 Å². The molecular weight excluding hydrogens is 270 g/mol. The van der Waals surface area contributed by atoms with Gasteiger partial charge in [0, 0.05) is 22.3 Å². The van der Waals surface area contributed by atoms with Gasteiger partial charge in [-0.25, -0.2) is 4.79 Å². The highest BCUT2D eigenvalue weighted by Gasteiger charge is 2.00. The summed E-state index contributed by atoms with van der Waals surface area (Å²) in [6.07, 6.45) is 1.66. The predicted octanol–water partition coefficient (Wildman–Crippen LogP) is 3.20. The van der Waals surface area contributed by atoms with Crippen molar-refractivity contribution in [2.75, 3.05) is 11.9 Å². The molecule has 0 amide bonds. The Kier molecular flexibility index (Phi) is 4.55. The Bertz CT molecular complexity index is 427. The summed E-state index contributed by atoms with van der Waals surface area (Å²) in [4.78, 5) is 10.6. The summed E-state index contributed by atoms with van der Waals surface area (Å²) in [6.45, 7) is 4.09. The Morgan fingerprint density at radius 2 is 2.25 bits per heavy atom. The molecule has 0 aliphatic carbocycles. The van der Waals surface area contributed by atoms with Crippen molar-refractivity contribution in [3.63, 3.8) is 0 Å². The van der Waals surface area contributed by atoms with Crippen LogP contribution in [-0.2, 0) is 4.79 Å². The smallest absolute Gasteiger partial charge is 0.331 e. The van der Waals surface area contributed by atoms with Crippen LogP contribution >= 0.6 is 15.9 Å². The largest absolute Gasteiger partial charge is 0.478 e. The third kappa shape index (κ3) is 3.70. The zero-order valence-corrected chi connectivity index (χ0v) is 10.8. The minimum atomic E-state index is -0.882. The Morgan fingerprint density at radius 1 is 1.56 bits per heavy atom. The van der Waals surface area contributed by atoms with Gasteiger partial charge in [0.05, 0.1) is 0 Å². The minimum Gasteiger partial charge on any atom is -0.478 e. The van der Waals surface area contributed by atoms with E-state index in [1.54, 1.807) is 13.0 Å². The molecule has 4 heteroatoms. The van der Waals surface area contributed by atoms with Gasteiger partial charge >= 0.3 is 5.97 Å². The van der Waals surface area contributed by atoms with Gasteiger partial charge in [-0.1, -0.05) is 28.1 Å². The molecule has 0 atom stereocenters. The summed E-state index contributed by atoms with van der Waals surface area (Å²) in [5, 5.41) is 11.8. The lowest BCUT2D eigenvalue weighted by Gasteiger charge is -2.08. The van der Waals surface area contributed by atoms with Crippen LogP contribution in [-0.4, -0.2) is 17.6 Å². The summed E-state index contributed by atoms with van der Waals surface area (Å²) >= 11 is 3.39. The number of hydrogen-bond acceptors (Lipinski definition) is 2. The van der Waals surface area contributed by atoms with Crippen LogP contribution in [0.15, 0.2) is 34.3 Å². The highest BCUT2D eigenvalue weighted by molar-refractivity contribution is 9.10. The number of carboxylic acid groups (broad SMARTS) is 1. The summed E-state index contributed by atoms with van der Waals surface area (Å²) < 4.78 is 1.000. The number of carbonyl (C=O) groups is 1. The number of rotatable bonds is 4. The molecule has 0 aromatic heterocycles. The number of aliphatic carboxylic acids is 1. The van der Waals surface area contributed by atoms with E-state index in [4.69, 9.17) is 5.11 Å². The zero-order valence-electron chi connectivity index (χ0n) is 9.25. The molecule has 0 aliphatic heterocycles. The van der Waals surface area contributed by atoms with Crippen molar-refractivity contribution in [2.24, 2.45) is 0 Å². The van der Waals surface area contributed by atoms with E-state index in [1.165, 1.54) is 0 Å². The third-order valence-corrected chi connectivity index (χ3v) is 2.73. The maximum absolute atomic E-state index is 10.6. The number of benzene rings is 1. The molecule has 1 aromatic carbocycles. The Morgan fingerprint density at radius 3 is 2.88 bits per heavy atom. The van der Waals surface area contributed by atoms with Crippen LogP contribution < -0.4 is 5.32 Å². The SMILES string of the molecule is C/C(=C/CNc1cc(Br)ccc1C)C(=O)O. The first-order chi connectivity index (χ1) is 7.50. The molecule has 16 heavy (non-hydrogen) atoms. The lowest BCUT2D eigenvalue weighted by atomic mass is 10.2. The average molecular weight is 284 g/mol. The highest BCUT2D eigenvalue weighted by Crippen LogP contribution is 2.20. The van der Waals surface area contributed by atoms with Gasteiger partial charge in [-0.2, -0.15) is 0 Å². The normalized spacial score (nSPS) is 11.3. The van der Waals surface area contributed by atoms with E-state index in [0.717, 1.165) is 15.7 Å². The van der Waals surface area contributed by atoms with Crippen molar-refractivity contribution in [1.82, 2.24) is 0 Å². The molecule has 1 rings (SSSR count). The fraction of sp³-hybridized carbons (Fsp3) is 0.250. The second kappa shape index (κ2) is 5.70. The predicted molar refractivity (Wildman–Crippen MR) is 68.8 cm³/mol. The van der Waals surface area contributed by atoms with E-state index in [0.29, 0.717) is 12.1 Å². The molecule has 3 nitrogen and oxygen atoms in total. The second-order valence-electron chi connectivity index (χ2n) is 3.53. The summed E-state index contributed by atoms with van der Waals surface area (Å²) in [5.74, 6) is -0.882. The third-order valence-electron chi connectivity index (χ3n) is 2.24. The Labute approximate surface area is 103 Å². The molecule has 0 radical (unpaired) electrons. The molecule has 0 unspecified atom stereocenters. The lowest BCUT2D eigenvalue weighted by Crippen LogP contribution is -2.04. The van der Waals surface area contributed by atoms with Gasteiger partial charge < -0.3 is 10.4 Å². The zero-order chi connectivity index (χ0) is 12.1. The van der Waals surface area contributed by atoms with Gasteiger partial charge in [0.15, 0.2) is 0 Å². The van der Waals surface area contributed by atoms with Crippen LogP contribution in [0.1, 0.15) is 12.5 Å². The van der Waals surface area contributed by atoms with Gasteiger partial charge in [-0.05, 0) is 31.5 Å². The Balaban J connectivity index is 2.65. The Hall–Kier alpha value is -1.29.